The number of fused-ring (bicyclic) bond motifs is 1. The van der Waals surface area contributed by atoms with Gasteiger partial charge in [-0.25, -0.2) is 9.36 Å². The molecule has 10 heteroatoms. The van der Waals surface area contributed by atoms with E-state index in [2.05, 4.69) is 14.3 Å². The van der Waals surface area contributed by atoms with Gasteiger partial charge in [0.15, 0.2) is 11.5 Å². The molecular formula is C18H20N6O3S. The quantitative estimate of drug-likeness (QED) is 0.705. The van der Waals surface area contributed by atoms with Crippen LogP contribution in [0.3, 0.4) is 0 Å². The smallest absolute Gasteiger partial charge is 0.256 e. The maximum atomic E-state index is 12.5. The van der Waals surface area contributed by atoms with Crippen LogP contribution in [0.2, 0.25) is 0 Å². The number of amides is 1. The van der Waals surface area contributed by atoms with Crippen LogP contribution in [0.15, 0.2) is 23.7 Å². The first-order chi connectivity index (χ1) is 13.6. The van der Waals surface area contributed by atoms with Gasteiger partial charge in [-0.3, -0.25) is 4.79 Å². The number of nitrogens with zero attached hydrogens (tertiary/aromatic N) is 5. The zero-order valence-electron chi connectivity index (χ0n) is 15.6. The second-order valence-corrected chi connectivity index (χ2v) is 6.98. The van der Waals surface area contributed by atoms with E-state index in [1.165, 1.54) is 11.5 Å². The molecule has 3 aromatic rings. The molecule has 4 rings (SSSR count). The zero-order valence-corrected chi connectivity index (χ0v) is 16.4. The first kappa shape index (κ1) is 18.2. The van der Waals surface area contributed by atoms with Crippen LogP contribution in [0.5, 0.6) is 11.5 Å². The first-order valence-corrected chi connectivity index (χ1v) is 9.57. The number of nitrogen functional groups attached to an aromatic ring is 1. The summed E-state index contributed by atoms with van der Waals surface area (Å²) in [6.45, 7) is 2.42. The average Bonchev–Trinajstić information content (AvgIpc) is 3.27. The van der Waals surface area contributed by atoms with Gasteiger partial charge in [-0.1, -0.05) is 0 Å². The van der Waals surface area contributed by atoms with Crippen LogP contribution < -0.4 is 20.1 Å². The molecule has 0 radical (unpaired) electrons. The predicted molar refractivity (Wildman–Crippen MR) is 107 cm³/mol. The topological polar surface area (TPSA) is 107 Å². The molecule has 0 atom stereocenters. The number of benzene rings is 1. The maximum absolute atomic E-state index is 12.5. The van der Waals surface area contributed by atoms with E-state index in [0.717, 1.165) is 0 Å². The predicted octanol–water partition coefficient (Wildman–Crippen LogP) is 1.65. The fourth-order valence-corrected chi connectivity index (χ4v) is 3.72. The minimum atomic E-state index is 0.00387. The Bertz CT molecular complexity index is 1000. The van der Waals surface area contributed by atoms with Gasteiger partial charge in [-0.05, 0) is 17.6 Å². The normalized spacial score (nSPS) is 14.4. The summed E-state index contributed by atoms with van der Waals surface area (Å²) in [5.74, 6) is 2.08. The summed E-state index contributed by atoms with van der Waals surface area (Å²) in [5, 5.41) is 2.48. The number of anilines is 2. The molecule has 1 aliphatic heterocycles. The Morgan fingerprint density at radius 2 is 1.82 bits per heavy atom. The molecule has 2 aromatic heterocycles. The summed E-state index contributed by atoms with van der Waals surface area (Å²) in [4.78, 5) is 25.4. The summed E-state index contributed by atoms with van der Waals surface area (Å²) in [6, 6.07) is 3.57. The molecule has 0 unspecified atom stereocenters. The number of methoxy groups -OCH3 is 2. The van der Waals surface area contributed by atoms with Gasteiger partial charge in [0.25, 0.3) is 5.91 Å². The largest absolute Gasteiger partial charge is 0.493 e. The van der Waals surface area contributed by atoms with Gasteiger partial charge in [-0.2, -0.15) is 4.98 Å². The van der Waals surface area contributed by atoms with Gasteiger partial charge in [0, 0.05) is 43.0 Å². The Morgan fingerprint density at radius 1 is 1.11 bits per heavy atom. The Balaban J connectivity index is 1.56. The van der Waals surface area contributed by atoms with Crippen molar-refractivity contribution in [2.75, 3.05) is 51.0 Å². The molecule has 1 aliphatic rings. The van der Waals surface area contributed by atoms with Crippen molar-refractivity contribution >= 4 is 40.1 Å². The lowest BCUT2D eigenvalue weighted by atomic mass is 10.2. The molecule has 0 spiro atoms. The highest BCUT2D eigenvalue weighted by Crippen LogP contribution is 2.34. The van der Waals surface area contributed by atoms with E-state index >= 15 is 0 Å². The van der Waals surface area contributed by atoms with Gasteiger partial charge >= 0.3 is 0 Å². The molecule has 1 fully saturated rings. The number of rotatable bonds is 4. The fourth-order valence-electron chi connectivity index (χ4n) is 3.21. The number of nitrogens with two attached hydrogens (primary N) is 1. The van der Waals surface area contributed by atoms with Crippen molar-refractivity contribution in [3.05, 3.63) is 29.3 Å². The second-order valence-electron chi connectivity index (χ2n) is 6.33. The third-order valence-corrected chi connectivity index (χ3v) is 5.33. The van der Waals surface area contributed by atoms with Crippen LogP contribution in [0, 0.1) is 0 Å². The van der Waals surface area contributed by atoms with E-state index in [0.29, 0.717) is 65.9 Å². The SMILES string of the molecule is COc1cc2nc(N3CCN(C(=O)c4cnsc4)CC3)nc(N)c2cc1OC. The van der Waals surface area contributed by atoms with Gasteiger partial charge in [0.05, 0.1) is 31.5 Å². The molecule has 0 saturated carbocycles. The number of aromatic nitrogens is 3. The van der Waals surface area contributed by atoms with Crippen molar-refractivity contribution in [2.45, 2.75) is 0 Å². The Labute approximate surface area is 165 Å². The average molecular weight is 400 g/mol. The Morgan fingerprint density at radius 3 is 2.46 bits per heavy atom. The number of hydrogen-bond acceptors (Lipinski definition) is 9. The first-order valence-electron chi connectivity index (χ1n) is 8.73. The van der Waals surface area contributed by atoms with Crippen LogP contribution in [-0.4, -0.2) is 65.5 Å². The molecule has 28 heavy (non-hydrogen) atoms. The summed E-state index contributed by atoms with van der Waals surface area (Å²) in [7, 11) is 3.15. The number of carbonyl (C=O) groups excluding carboxylic acids is 1. The van der Waals surface area contributed by atoms with E-state index in [4.69, 9.17) is 15.2 Å². The molecule has 1 amide bonds. The van der Waals surface area contributed by atoms with Gasteiger partial charge in [0.1, 0.15) is 5.82 Å². The number of carbonyl (C=O) groups is 1. The standard InChI is InChI=1S/C18H20N6O3S/c1-26-14-7-12-13(8-15(14)27-2)21-18(22-16(12)19)24-5-3-23(4-6-24)17(25)11-9-20-28-10-11/h7-10H,3-6H2,1-2H3,(H2,19,21,22). The monoisotopic (exact) mass is 400 g/mol. The van der Waals surface area contributed by atoms with Crippen LogP contribution in [0.4, 0.5) is 11.8 Å². The number of piperazine rings is 1. The molecule has 9 nitrogen and oxygen atoms in total. The Hall–Kier alpha value is -3.14. The van der Waals surface area contributed by atoms with E-state index in [9.17, 15) is 4.79 Å². The van der Waals surface area contributed by atoms with Gasteiger partial charge in [0.2, 0.25) is 5.95 Å². The van der Waals surface area contributed by atoms with E-state index < -0.39 is 0 Å². The molecule has 3 heterocycles. The maximum Gasteiger partial charge on any atom is 0.256 e. The summed E-state index contributed by atoms with van der Waals surface area (Å²) < 4.78 is 14.7. The van der Waals surface area contributed by atoms with E-state index in [-0.39, 0.29) is 5.91 Å². The molecule has 0 aliphatic carbocycles. The second kappa shape index (κ2) is 7.47. The lowest BCUT2D eigenvalue weighted by molar-refractivity contribution is 0.0746. The third kappa shape index (κ3) is 3.26. The highest BCUT2D eigenvalue weighted by molar-refractivity contribution is 7.03. The molecular weight excluding hydrogens is 380 g/mol. The highest BCUT2D eigenvalue weighted by atomic mass is 32.1. The summed E-state index contributed by atoms with van der Waals surface area (Å²) >= 11 is 1.28. The summed E-state index contributed by atoms with van der Waals surface area (Å²) in [5.41, 5.74) is 7.49. The van der Waals surface area contributed by atoms with Crippen LogP contribution in [0.1, 0.15) is 10.4 Å². The molecule has 146 valence electrons. The van der Waals surface area contributed by atoms with Gasteiger partial charge in [-0.15, -0.1) is 0 Å². The van der Waals surface area contributed by atoms with Crippen molar-refractivity contribution in [2.24, 2.45) is 0 Å². The lowest BCUT2D eigenvalue weighted by Crippen LogP contribution is -2.49. The van der Waals surface area contributed by atoms with Crippen molar-refractivity contribution in [3.8, 4) is 11.5 Å². The molecule has 2 N–H and O–H groups in total. The number of hydrogen-bond donors (Lipinski definition) is 1. The van der Waals surface area contributed by atoms with Crippen molar-refractivity contribution in [3.63, 3.8) is 0 Å². The van der Waals surface area contributed by atoms with Crippen LogP contribution >= 0.6 is 11.5 Å². The van der Waals surface area contributed by atoms with Crippen molar-refractivity contribution < 1.29 is 14.3 Å². The third-order valence-electron chi connectivity index (χ3n) is 4.75. The van der Waals surface area contributed by atoms with Gasteiger partial charge < -0.3 is 25.0 Å². The van der Waals surface area contributed by atoms with Crippen LogP contribution in [0.25, 0.3) is 10.9 Å². The lowest BCUT2D eigenvalue weighted by Gasteiger charge is -2.34. The summed E-state index contributed by atoms with van der Waals surface area (Å²) in [6.07, 6.45) is 1.61. The van der Waals surface area contributed by atoms with Crippen molar-refractivity contribution in [1.29, 1.82) is 0 Å². The Kier molecular flexibility index (Phi) is 4.86. The van der Waals surface area contributed by atoms with E-state index in [1.54, 1.807) is 37.9 Å². The minimum absolute atomic E-state index is 0.00387. The highest BCUT2D eigenvalue weighted by Gasteiger charge is 2.24. The van der Waals surface area contributed by atoms with E-state index in [1.807, 2.05) is 9.80 Å². The van der Waals surface area contributed by atoms with Crippen LogP contribution in [-0.2, 0) is 0 Å². The number of ether oxygens (including phenoxy) is 2. The minimum Gasteiger partial charge on any atom is -0.493 e. The zero-order chi connectivity index (χ0) is 19.7. The fraction of sp³-hybridized carbons (Fsp3) is 0.333. The molecule has 1 saturated heterocycles. The molecule has 1 aromatic carbocycles. The van der Waals surface area contributed by atoms with Crippen molar-refractivity contribution in [1.82, 2.24) is 19.2 Å². The molecule has 0 bridgehead atoms.